The number of halogens is 1. The van der Waals surface area contributed by atoms with Gasteiger partial charge < -0.3 is 24.6 Å². The standard InChI is InChI=1S/C21H14N2O7.ClH/c1-2-20(27)12-11-16-15-9(6-8-4-3-5-10(17(11)24)14(8)22-15)7-23(16)18(25)13(12)21(28,29)30-19(20)26;/h3-6,27-29H,2,7H2,1H3;1H/t20-;/m0./s1. The van der Waals surface area contributed by atoms with Crippen molar-refractivity contribution in [2.24, 2.45) is 0 Å². The molecule has 0 unspecified atom stereocenters. The Labute approximate surface area is 178 Å². The maximum atomic E-state index is 13.7. The van der Waals surface area contributed by atoms with Gasteiger partial charge in [-0.1, -0.05) is 19.1 Å². The van der Waals surface area contributed by atoms with Crippen LogP contribution in [0.1, 0.15) is 30.0 Å². The molecule has 2 aliphatic rings. The molecular formula is C21H15ClN2O7. The average molecular weight is 443 g/mol. The fourth-order valence-electron chi connectivity index (χ4n) is 4.80. The first-order valence-electron chi connectivity index (χ1n) is 9.39. The predicted octanol–water partition coefficient (Wildman–Crippen LogP) is 0.534. The van der Waals surface area contributed by atoms with Crippen LogP contribution in [0.4, 0.5) is 0 Å². The van der Waals surface area contributed by atoms with Crippen molar-refractivity contribution in [3.63, 3.8) is 0 Å². The van der Waals surface area contributed by atoms with Crippen molar-refractivity contribution < 1.29 is 24.9 Å². The molecule has 1 atom stereocenters. The van der Waals surface area contributed by atoms with Gasteiger partial charge in [-0.05, 0) is 18.6 Å². The maximum Gasteiger partial charge on any atom is 0.359 e. The molecule has 4 aromatic rings. The lowest BCUT2D eigenvalue weighted by atomic mass is 9.82. The Balaban J connectivity index is 0.00000204. The quantitative estimate of drug-likeness (QED) is 0.252. The summed E-state index contributed by atoms with van der Waals surface area (Å²) in [7, 11) is 0. The van der Waals surface area contributed by atoms with E-state index in [1.165, 1.54) is 11.5 Å². The van der Waals surface area contributed by atoms with Crippen LogP contribution >= 0.6 is 12.4 Å². The number of hydrogen-bond donors (Lipinski definition) is 3. The highest BCUT2D eigenvalue weighted by atomic mass is 35.5. The molecule has 158 valence electrons. The van der Waals surface area contributed by atoms with E-state index in [0.717, 1.165) is 5.39 Å². The van der Waals surface area contributed by atoms with Gasteiger partial charge in [-0.15, -0.1) is 12.4 Å². The van der Waals surface area contributed by atoms with Crippen LogP contribution in [0.3, 0.4) is 0 Å². The van der Waals surface area contributed by atoms with Gasteiger partial charge in [-0.3, -0.25) is 9.59 Å². The van der Waals surface area contributed by atoms with E-state index >= 15 is 0 Å². The third-order valence-corrected chi connectivity index (χ3v) is 6.24. The molecule has 3 aromatic heterocycles. The summed E-state index contributed by atoms with van der Waals surface area (Å²) in [6, 6.07) is 6.89. The molecule has 0 fully saturated rings. The SMILES string of the molecule is CC[C@@]1(O)C(=O)OC(O)(O)c2c1c1c(=O)c3cccc4cc5c(nc43)c1n(c2=O)C5.Cl. The summed E-state index contributed by atoms with van der Waals surface area (Å²) in [5, 5.41) is 32.8. The minimum absolute atomic E-state index is 0. The second-order valence-electron chi connectivity index (χ2n) is 7.78. The Morgan fingerprint density at radius 1 is 1.13 bits per heavy atom. The second kappa shape index (κ2) is 5.77. The minimum Gasteiger partial charge on any atom is -0.401 e. The molecule has 0 amide bonds. The van der Waals surface area contributed by atoms with Crippen LogP contribution in [0, 0.1) is 0 Å². The lowest BCUT2D eigenvalue weighted by Crippen LogP contribution is -2.53. The van der Waals surface area contributed by atoms with E-state index in [1.807, 2.05) is 6.07 Å². The van der Waals surface area contributed by atoms with Crippen molar-refractivity contribution in [3.8, 4) is 0 Å². The number of aromatic nitrogens is 2. The molecule has 2 aliphatic heterocycles. The monoisotopic (exact) mass is 442 g/mol. The summed E-state index contributed by atoms with van der Waals surface area (Å²) >= 11 is 0. The van der Waals surface area contributed by atoms with Crippen molar-refractivity contribution in [1.29, 1.82) is 0 Å². The van der Waals surface area contributed by atoms with Crippen LogP contribution in [-0.2, 0) is 27.7 Å². The number of ether oxygens (including phenoxy) is 1. The Bertz CT molecular complexity index is 1590. The Kier molecular flexibility index (Phi) is 3.69. The van der Waals surface area contributed by atoms with Crippen LogP contribution < -0.4 is 11.0 Å². The number of para-hydroxylation sites is 1. The first-order valence-corrected chi connectivity index (χ1v) is 9.39. The molecule has 0 spiro atoms. The summed E-state index contributed by atoms with van der Waals surface area (Å²) in [5.74, 6) is -4.63. The fourth-order valence-corrected chi connectivity index (χ4v) is 4.80. The van der Waals surface area contributed by atoms with Gasteiger partial charge >= 0.3 is 11.9 Å². The van der Waals surface area contributed by atoms with E-state index in [1.54, 1.807) is 18.2 Å². The van der Waals surface area contributed by atoms with Gasteiger partial charge in [0.25, 0.3) is 5.56 Å². The molecule has 1 aromatic carbocycles. The molecule has 3 N–H and O–H groups in total. The summed E-state index contributed by atoms with van der Waals surface area (Å²) in [4.78, 5) is 44.2. The van der Waals surface area contributed by atoms with E-state index < -0.39 is 39.7 Å². The van der Waals surface area contributed by atoms with E-state index in [4.69, 9.17) is 0 Å². The number of aliphatic hydroxyl groups is 3. The van der Waals surface area contributed by atoms with Crippen LogP contribution in [0.2, 0.25) is 0 Å². The normalized spacial score (nSPS) is 21.0. The van der Waals surface area contributed by atoms with Gasteiger partial charge in [0.1, 0.15) is 5.56 Å². The molecule has 6 rings (SSSR count). The third kappa shape index (κ3) is 2.11. The van der Waals surface area contributed by atoms with Crippen molar-refractivity contribution in [1.82, 2.24) is 9.55 Å². The zero-order valence-corrected chi connectivity index (χ0v) is 16.8. The largest absolute Gasteiger partial charge is 0.401 e. The third-order valence-electron chi connectivity index (χ3n) is 6.24. The highest BCUT2D eigenvalue weighted by Crippen LogP contribution is 2.44. The molecule has 2 bridgehead atoms. The molecule has 0 saturated heterocycles. The van der Waals surface area contributed by atoms with Crippen LogP contribution in [0.15, 0.2) is 33.9 Å². The highest BCUT2D eigenvalue weighted by molar-refractivity contribution is 6.09. The Morgan fingerprint density at radius 3 is 2.58 bits per heavy atom. The summed E-state index contributed by atoms with van der Waals surface area (Å²) in [6.45, 7) is 1.52. The first-order chi connectivity index (χ1) is 14.2. The zero-order valence-electron chi connectivity index (χ0n) is 16.0. The maximum absolute atomic E-state index is 13.7. The number of cyclic esters (lactones) is 1. The average Bonchev–Trinajstić information content (AvgIpc) is 3.02. The molecule has 5 heterocycles. The van der Waals surface area contributed by atoms with Gasteiger partial charge in [0, 0.05) is 21.9 Å². The number of esters is 1. The highest BCUT2D eigenvalue weighted by Gasteiger charge is 2.56. The summed E-state index contributed by atoms with van der Waals surface area (Å²) in [5.41, 5.74) is -3.35. The number of pyridine rings is 2. The fraction of sp³-hybridized carbons (Fsp3) is 0.238. The van der Waals surface area contributed by atoms with Gasteiger partial charge in [-0.2, -0.15) is 0 Å². The number of hydrogen-bond acceptors (Lipinski definition) is 8. The molecule has 0 radical (unpaired) electrons. The van der Waals surface area contributed by atoms with Gasteiger partial charge in [0.2, 0.25) is 0 Å². The molecule has 9 nitrogen and oxygen atoms in total. The van der Waals surface area contributed by atoms with Crippen molar-refractivity contribution in [2.75, 3.05) is 0 Å². The van der Waals surface area contributed by atoms with Crippen LogP contribution in [0.25, 0.3) is 32.7 Å². The number of rotatable bonds is 1. The van der Waals surface area contributed by atoms with Gasteiger partial charge in [0.05, 0.1) is 28.5 Å². The Morgan fingerprint density at radius 2 is 1.87 bits per heavy atom. The molecule has 0 aliphatic carbocycles. The van der Waals surface area contributed by atoms with E-state index in [2.05, 4.69) is 9.72 Å². The summed E-state index contributed by atoms with van der Waals surface area (Å²) in [6.07, 6.45) is -0.250. The van der Waals surface area contributed by atoms with Crippen molar-refractivity contribution in [2.45, 2.75) is 31.5 Å². The second-order valence-corrected chi connectivity index (χ2v) is 7.78. The zero-order chi connectivity index (χ0) is 21.2. The van der Waals surface area contributed by atoms with Crippen LogP contribution in [0.5, 0.6) is 0 Å². The number of fused-ring (bicyclic) bond motifs is 2. The van der Waals surface area contributed by atoms with E-state index in [0.29, 0.717) is 16.6 Å². The topological polar surface area (TPSA) is 139 Å². The summed E-state index contributed by atoms with van der Waals surface area (Å²) < 4.78 is 5.83. The molecule has 31 heavy (non-hydrogen) atoms. The lowest BCUT2D eigenvalue weighted by Gasteiger charge is -2.37. The first kappa shape index (κ1) is 19.8. The number of benzene rings is 1. The van der Waals surface area contributed by atoms with E-state index in [9.17, 15) is 29.7 Å². The molecule has 10 heteroatoms. The van der Waals surface area contributed by atoms with Crippen molar-refractivity contribution >= 4 is 51.1 Å². The molecular weight excluding hydrogens is 428 g/mol. The van der Waals surface area contributed by atoms with E-state index in [-0.39, 0.29) is 41.7 Å². The Hall–Kier alpha value is -3.11. The lowest BCUT2D eigenvalue weighted by molar-refractivity contribution is -0.345. The predicted molar refractivity (Wildman–Crippen MR) is 111 cm³/mol. The minimum atomic E-state index is -3.28. The molecule has 0 saturated carbocycles. The number of nitrogens with zero attached hydrogens (tertiary/aromatic N) is 2. The smallest absolute Gasteiger partial charge is 0.359 e. The van der Waals surface area contributed by atoms with Gasteiger partial charge in [-0.25, -0.2) is 9.78 Å². The van der Waals surface area contributed by atoms with Crippen molar-refractivity contribution in [3.05, 3.63) is 61.5 Å². The van der Waals surface area contributed by atoms with Crippen LogP contribution in [-0.4, -0.2) is 30.8 Å². The van der Waals surface area contributed by atoms with Gasteiger partial charge in [0.15, 0.2) is 11.0 Å². The number of carbonyl (C=O) groups is 1. The number of carbonyl (C=O) groups excluding carboxylic acids is 1.